The molecule has 0 bridgehead atoms. The molecule has 0 spiro atoms. The normalized spacial score (nSPS) is 14.8. The largest absolute Gasteiger partial charge is 0.506 e. The van der Waals surface area contributed by atoms with Crippen LogP contribution in [0.1, 0.15) is 31.5 Å². The van der Waals surface area contributed by atoms with Gasteiger partial charge in [0, 0.05) is 16.4 Å². The number of phenolic OH excluding ortho intramolecular Hbond substituents is 1. The molecule has 1 aromatic heterocycles. The van der Waals surface area contributed by atoms with Gasteiger partial charge >= 0.3 is 11.3 Å². The van der Waals surface area contributed by atoms with E-state index in [1.807, 2.05) is 36.4 Å². The monoisotopic (exact) mass is 537 g/mol. The van der Waals surface area contributed by atoms with Gasteiger partial charge in [-0.15, -0.1) is 0 Å². The second-order valence-electron chi connectivity index (χ2n) is 6.68. The molecule has 0 amide bonds. The first-order valence-corrected chi connectivity index (χ1v) is 11.8. The number of para-hydroxylation sites is 1. The van der Waals surface area contributed by atoms with Crippen molar-refractivity contribution in [1.29, 1.82) is 0 Å². The van der Waals surface area contributed by atoms with E-state index in [9.17, 15) is 9.90 Å². The third-order valence-electron chi connectivity index (χ3n) is 4.67. The number of phenols is 1. The van der Waals surface area contributed by atoms with Gasteiger partial charge in [0.2, 0.25) is 5.16 Å². The smallest absolute Gasteiger partial charge is 0.325 e. The van der Waals surface area contributed by atoms with Crippen LogP contribution in [-0.2, 0) is 0 Å². The van der Waals surface area contributed by atoms with Crippen LogP contribution in [-0.4, -0.2) is 20.9 Å². The molecule has 0 radical (unpaired) electrons. The first-order chi connectivity index (χ1) is 14.0. The fourth-order valence-electron chi connectivity index (χ4n) is 3.24. The van der Waals surface area contributed by atoms with E-state index in [2.05, 4.69) is 49.1 Å². The number of anilines is 1. The Morgan fingerprint density at radius 1 is 1.24 bits per heavy atom. The Bertz CT molecular complexity index is 1110. The molecule has 4 rings (SSSR count). The van der Waals surface area contributed by atoms with Crippen molar-refractivity contribution in [3.8, 4) is 17.0 Å². The topological polar surface area (TPSA) is 81.9 Å². The Kier molecular flexibility index (Phi) is 5.98. The quantitative estimate of drug-likeness (QED) is 0.246. The average Bonchev–Trinajstić information content (AvgIpc) is 2.71. The van der Waals surface area contributed by atoms with Crippen molar-refractivity contribution < 1.29 is 9.79 Å². The fraction of sp³-hybridized carbons (Fsp3) is 0.250. The van der Waals surface area contributed by atoms with Gasteiger partial charge in [0.25, 0.3) is 6.17 Å². The van der Waals surface area contributed by atoms with Crippen LogP contribution in [0.4, 0.5) is 5.69 Å². The first-order valence-electron chi connectivity index (χ1n) is 9.22. The summed E-state index contributed by atoms with van der Waals surface area (Å²) in [5.41, 5.74) is 2.85. The van der Waals surface area contributed by atoms with Crippen LogP contribution in [0.15, 0.2) is 55.3 Å². The van der Waals surface area contributed by atoms with Gasteiger partial charge in [0.05, 0.1) is 20.2 Å². The number of nitrogens with zero attached hydrogens (tertiary/aromatic N) is 2. The van der Waals surface area contributed by atoms with Gasteiger partial charge in [0.15, 0.2) is 0 Å². The van der Waals surface area contributed by atoms with Crippen LogP contribution in [0, 0.1) is 0 Å². The van der Waals surface area contributed by atoms with Crippen molar-refractivity contribution in [3.05, 3.63) is 61.3 Å². The summed E-state index contributed by atoms with van der Waals surface area (Å²) >= 11 is 8.34. The molecule has 1 atom stereocenters. The number of hydrogen-bond acceptors (Lipinski definition) is 5. The average molecular weight is 539 g/mol. The van der Waals surface area contributed by atoms with E-state index >= 15 is 0 Å². The number of hydrogen-bond donors (Lipinski definition) is 3. The van der Waals surface area contributed by atoms with Gasteiger partial charge in [-0.3, -0.25) is 9.78 Å². The summed E-state index contributed by atoms with van der Waals surface area (Å²) in [7, 11) is 0. The highest BCUT2D eigenvalue weighted by atomic mass is 79.9. The lowest BCUT2D eigenvalue weighted by Gasteiger charge is -2.22. The molecule has 2 heterocycles. The molecular formula is C20H19Br2N4O2S+. The Balaban J connectivity index is 1.89. The standard InChI is InChI=1S/C20H18Br2N4O2S/c1-2-3-8-29-20-24-19(28)16-12-6-4-5-7-15(12)23-18(26(16)25-20)11-9-13(21)17(27)14(22)10-11/h4-7,9-10,18H,2-3,8H2,1H3,(H2,24,25,27,28)/p+1/t18-/m0/s1. The van der Waals surface area contributed by atoms with Crippen LogP contribution in [0.25, 0.3) is 11.3 Å². The predicted molar refractivity (Wildman–Crippen MR) is 121 cm³/mol. The van der Waals surface area contributed by atoms with Crippen molar-refractivity contribution in [2.45, 2.75) is 31.1 Å². The number of aromatic nitrogens is 3. The molecule has 1 aliphatic rings. The lowest BCUT2D eigenvalue weighted by atomic mass is 10.0. The van der Waals surface area contributed by atoms with Gasteiger partial charge in [-0.05, 0) is 67.2 Å². The number of rotatable bonds is 5. The summed E-state index contributed by atoms with van der Waals surface area (Å²) in [6.45, 7) is 2.13. The van der Waals surface area contributed by atoms with Crippen LogP contribution in [0.5, 0.6) is 5.75 Å². The summed E-state index contributed by atoms with van der Waals surface area (Å²) in [5, 5.41) is 18.9. The Labute approximate surface area is 189 Å². The fourth-order valence-corrected chi connectivity index (χ4v) is 5.39. The van der Waals surface area contributed by atoms with E-state index in [1.165, 1.54) is 0 Å². The number of thioether (sulfide) groups is 1. The Morgan fingerprint density at radius 3 is 2.69 bits per heavy atom. The van der Waals surface area contributed by atoms with E-state index in [0.717, 1.165) is 35.4 Å². The van der Waals surface area contributed by atoms with Crippen LogP contribution >= 0.6 is 43.6 Å². The molecule has 3 N–H and O–H groups in total. The number of unbranched alkanes of at least 4 members (excludes halogenated alkanes) is 1. The zero-order valence-corrected chi connectivity index (χ0v) is 19.6. The highest BCUT2D eigenvalue weighted by molar-refractivity contribution is 9.11. The van der Waals surface area contributed by atoms with E-state index < -0.39 is 6.17 Å². The highest BCUT2D eigenvalue weighted by Crippen LogP contribution is 2.37. The summed E-state index contributed by atoms with van der Waals surface area (Å²) in [4.78, 5) is 16.0. The van der Waals surface area contributed by atoms with Crippen LogP contribution in [0.3, 0.4) is 0 Å². The van der Waals surface area contributed by atoms with Gasteiger partial charge in [0.1, 0.15) is 5.75 Å². The minimum atomic E-state index is -0.402. The molecule has 150 valence electrons. The summed E-state index contributed by atoms with van der Waals surface area (Å²) < 4.78 is 2.86. The molecule has 0 aliphatic carbocycles. The molecular weight excluding hydrogens is 520 g/mol. The van der Waals surface area contributed by atoms with E-state index in [-0.39, 0.29) is 11.3 Å². The molecule has 0 saturated carbocycles. The van der Waals surface area contributed by atoms with Crippen molar-refractivity contribution in [2.75, 3.05) is 11.1 Å². The molecule has 0 saturated heterocycles. The minimum absolute atomic E-state index is 0.130. The lowest BCUT2D eigenvalue weighted by Crippen LogP contribution is -2.55. The molecule has 9 heteroatoms. The lowest BCUT2D eigenvalue weighted by molar-refractivity contribution is -0.759. The summed E-state index contributed by atoms with van der Waals surface area (Å²) in [6, 6.07) is 11.3. The predicted octanol–water partition coefficient (Wildman–Crippen LogP) is 4.82. The molecule has 0 fully saturated rings. The number of H-pyrrole nitrogens is 1. The minimum Gasteiger partial charge on any atom is -0.506 e. The number of aromatic amines is 1. The van der Waals surface area contributed by atoms with Gasteiger partial charge in [-0.25, -0.2) is 0 Å². The Hall–Kier alpha value is -1.84. The third kappa shape index (κ3) is 3.95. The number of fused-ring (bicyclic) bond motifs is 3. The van der Waals surface area contributed by atoms with E-state index in [4.69, 9.17) is 5.10 Å². The maximum atomic E-state index is 13.0. The van der Waals surface area contributed by atoms with Gasteiger partial charge in [-0.2, -0.15) is 0 Å². The van der Waals surface area contributed by atoms with E-state index in [0.29, 0.717) is 19.8 Å². The second kappa shape index (κ2) is 8.49. The molecule has 0 unspecified atom stereocenters. The molecule has 29 heavy (non-hydrogen) atoms. The van der Waals surface area contributed by atoms with Crippen LogP contribution < -0.4 is 15.6 Å². The zero-order chi connectivity index (χ0) is 20.5. The number of aromatic hydroxyl groups is 1. The molecule has 1 aliphatic heterocycles. The molecule has 3 aromatic rings. The number of nitrogens with one attached hydrogen (secondary N) is 2. The van der Waals surface area contributed by atoms with Crippen molar-refractivity contribution >= 4 is 49.3 Å². The van der Waals surface area contributed by atoms with E-state index in [1.54, 1.807) is 16.4 Å². The maximum Gasteiger partial charge on any atom is 0.325 e. The third-order valence-corrected chi connectivity index (χ3v) is 6.83. The summed E-state index contributed by atoms with van der Waals surface area (Å²) in [6.07, 6.45) is 1.74. The van der Waals surface area contributed by atoms with Crippen molar-refractivity contribution in [3.63, 3.8) is 0 Å². The maximum absolute atomic E-state index is 13.0. The molecule has 2 aromatic carbocycles. The summed E-state index contributed by atoms with van der Waals surface area (Å²) in [5.74, 6) is 1.02. The number of benzene rings is 2. The van der Waals surface area contributed by atoms with Gasteiger partial charge in [-0.1, -0.05) is 37.2 Å². The highest BCUT2D eigenvalue weighted by Gasteiger charge is 2.38. The van der Waals surface area contributed by atoms with Crippen molar-refractivity contribution in [1.82, 2.24) is 10.1 Å². The number of halogens is 2. The van der Waals surface area contributed by atoms with Gasteiger partial charge < -0.3 is 10.4 Å². The SMILES string of the molecule is CCCCSc1n[n+]2c(c(=O)[nH]1)-c1ccccc1N[C@@H]2c1cc(Br)c(O)c(Br)c1. The second-order valence-corrected chi connectivity index (χ2v) is 9.47. The van der Waals surface area contributed by atoms with Crippen molar-refractivity contribution in [2.24, 2.45) is 0 Å². The molecule has 6 nitrogen and oxygen atoms in total. The zero-order valence-electron chi connectivity index (χ0n) is 15.6. The Morgan fingerprint density at radius 2 is 1.97 bits per heavy atom. The van der Waals surface area contributed by atoms with Crippen LogP contribution in [0.2, 0.25) is 0 Å². The first kappa shape index (κ1) is 20.4.